The highest BCUT2D eigenvalue weighted by Gasteiger charge is 2.17. The molecule has 6 heteroatoms. The molecular formula is C21H27FN2O3. The van der Waals surface area contributed by atoms with E-state index in [0.29, 0.717) is 24.6 Å². The van der Waals surface area contributed by atoms with E-state index in [4.69, 9.17) is 9.47 Å². The third-order valence-corrected chi connectivity index (χ3v) is 4.39. The molecular weight excluding hydrogens is 347 g/mol. The average molecular weight is 374 g/mol. The van der Waals surface area contributed by atoms with Crippen molar-refractivity contribution in [3.05, 3.63) is 59.4 Å². The molecule has 1 amide bonds. The number of nitrogens with one attached hydrogen (secondary N) is 1. The molecule has 1 N–H and O–H groups in total. The summed E-state index contributed by atoms with van der Waals surface area (Å²) in [5.74, 6) is 1.02. The number of hydrogen-bond donors (Lipinski definition) is 1. The second-order valence-corrected chi connectivity index (χ2v) is 6.33. The van der Waals surface area contributed by atoms with Gasteiger partial charge in [0.25, 0.3) is 0 Å². The molecule has 0 bridgehead atoms. The first-order chi connectivity index (χ1) is 13.0. The van der Waals surface area contributed by atoms with Crippen molar-refractivity contribution in [2.45, 2.75) is 26.4 Å². The second-order valence-electron chi connectivity index (χ2n) is 6.33. The Morgan fingerprint density at radius 1 is 1.19 bits per heavy atom. The van der Waals surface area contributed by atoms with Crippen LogP contribution in [0.1, 0.15) is 31.0 Å². The van der Waals surface area contributed by atoms with Crippen molar-refractivity contribution >= 4 is 5.91 Å². The first-order valence-corrected chi connectivity index (χ1v) is 8.94. The lowest BCUT2D eigenvalue weighted by atomic mass is 10.1. The van der Waals surface area contributed by atoms with Gasteiger partial charge in [0.15, 0.2) is 0 Å². The Labute approximate surface area is 160 Å². The molecule has 2 aromatic rings. The summed E-state index contributed by atoms with van der Waals surface area (Å²) >= 11 is 0. The highest BCUT2D eigenvalue weighted by Crippen LogP contribution is 2.29. The molecule has 0 aliphatic carbocycles. The average Bonchev–Trinajstić information content (AvgIpc) is 2.66. The molecule has 0 saturated carbocycles. The van der Waals surface area contributed by atoms with Gasteiger partial charge in [0.1, 0.15) is 17.3 Å². The third kappa shape index (κ3) is 5.96. The molecule has 0 spiro atoms. The monoisotopic (exact) mass is 374 g/mol. The molecule has 27 heavy (non-hydrogen) atoms. The van der Waals surface area contributed by atoms with Gasteiger partial charge in [0.05, 0.1) is 26.8 Å². The van der Waals surface area contributed by atoms with Crippen LogP contribution in [-0.4, -0.2) is 38.1 Å². The quantitative estimate of drug-likeness (QED) is 0.729. The van der Waals surface area contributed by atoms with E-state index in [1.54, 1.807) is 20.3 Å². The van der Waals surface area contributed by atoms with Crippen LogP contribution in [0.4, 0.5) is 4.39 Å². The second kappa shape index (κ2) is 9.92. The molecule has 0 heterocycles. The molecule has 0 saturated heterocycles. The highest BCUT2D eigenvalue weighted by atomic mass is 19.1. The summed E-state index contributed by atoms with van der Waals surface area (Å²) in [7, 11) is 3.19. The molecule has 1 atom stereocenters. The minimum Gasteiger partial charge on any atom is -0.497 e. The minimum atomic E-state index is -0.272. The topological polar surface area (TPSA) is 50.8 Å². The Morgan fingerprint density at radius 3 is 2.59 bits per heavy atom. The van der Waals surface area contributed by atoms with Crippen molar-refractivity contribution in [1.82, 2.24) is 10.2 Å². The molecule has 146 valence electrons. The van der Waals surface area contributed by atoms with Crippen molar-refractivity contribution in [3.8, 4) is 11.5 Å². The van der Waals surface area contributed by atoms with Crippen LogP contribution in [0.5, 0.6) is 11.5 Å². The van der Waals surface area contributed by atoms with Gasteiger partial charge in [-0.15, -0.1) is 0 Å². The Kier molecular flexibility index (Phi) is 7.61. The number of likely N-dealkylation sites (N-methyl/N-ethyl adjacent to an activating group) is 1. The van der Waals surface area contributed by atoms with E-state index in [0.717, 1.165) is 11.1 Å². The Bertz CT molecular complexity index is 767. The number of carbonyl (C=O) groups excluding carboxylic acids is 1. The van der Waals surface area contributed by atoms with Crippen LogP contribution in [0.25, 0.3) is 0 Å². The minimum absolute atomic E-state index is 0.106. The van der Waals surface area contributed by atoms with E-state index in [2.05, 4.69) is 5.32 Å². The van der Waals surface area contributed by atoms with Crippen LogP contribution < -0.4 is 14.8 Å². The number of rotatable bonds is 9. The van der Waals surface area contributed by atoms with Gasteiger partial charge >= 0.3 is 0 Å². The normalized spacial score (nSPS) is 11.9. The number of methoxy groups -OCH3 is 2. The Hall–Kier alpha value is -2.60. The molecule has 2 rings (SSSR count). The molecule has 0 aliphatic rings. The van der Waals surface area contributed by atoms with Gasteiger partial charge < -0.3 is 14.8 Å². The smallest absolute Gasteiger partial charge is 0.234 e. The fraction of sp³-hybridized carbons (Fsp3) is 0.381. The zero-order valence-corrected chi connectivity index (χ0v) is 16.3. The number of hydrogen-bond acceptors (Lipinski definition) is 4. The van der Waals surface area contributed by atoms with Gasteiger partial charge in [-0.05, 0) is 49.4 Å². The Morgan fingerprint density at radius 2 is 1.96 bits per heavy atom. The maximum absolute atomic E-state index is 13.4. The number of halogens is 1. The van der Waals surface area contributed by atoms with Gasteiger partial charge in [-0.2, -0.15) is 0 Å². The van der Waals surface area contributed by atoms with Crippen LogP contribution >= 0.6 is 0 Å². The Balaban J connectivity index is 2.01. The van der Waals surface area contributed by atoms with E-state index in [1.165, 1.54) is 12.1 Å². The molecule has 2 aromatic carbocycles. The lowest BCUT2D eigenvalue weighted by molar-refractivity contribution is -0.123. The van der Waals surface area contributed by atoms with E-state index < -0.39 is 0 Å². The molecule has 0 radical (unpaired) electrons. The van der Waals surface area contributed by atoms with E-state index in [9.17, 15) is 9.18 Å². The standard InChI is InChI=1S/C21H27FN2O3/c1-5-24(13-16-7-6-8-17(22)11-16)14-21(25)23-15(2)19-12-18(26-3)9-10-20(19)27-4/h6-12,15H,5,13-14H2,1-4H3,(H,23,25). The summed E-state index contributed by atoms with van der Waals surface area (Å²) in [6.07, 6.45) is 0. The molecule has 0 aromatic heterocycles. The summed E-state index contributed by atoms with van der Waals surface area (Å²) in [4.78, 5) is 14.5. The van der Waals surface area contributed by atoms with Gasteiger partial charge in [0, 0.05) is 12.1 Å². The number of nitrogens with zero attached hydrogens (tertiary/aromatic N) is 1. The van der Waals surface area contributed by atoms with Crippen LogP contribution in [0, 0.1) is 5.82 Å². The van der Waals surface area contributed by atoms with Crippen molar-refractivity contribution in [2.75, 3.05) is 27.3 Å². The summed E-state index contributed by atoms with van der Waals surface area (Å²) in [6.45, 7) is 5.29. The first kappa shape index (κ1) is 20.7. The third-order valence-electron chi connectivity index (χ3n) is 4.39. The van der Waals surface area contributed by atoms with Crippen molar-refractivity contribution in [3.63, 3.8) is 0 Å². The van der Waals surface area contributed by atoms with Crippen LogP contribution in [0.15, 0.2) is 42.5 Å². The molecule has 0 aliphatic heterocycles. The number of amides is 1. The number of carbonyl (C=O) groups is 1. The molecule has 0 fully saturated rings. The fourth-order valence-electron chi connectivity index (χ4n) is 2.92. The lowest BCUT2D eigenvalue weighted by Crippen LogP contribution is -2.38. The largest absolute Gasteiger partial charge is 0.497 e. The zero-order valence-electron chi connectivity index (χ0n) is 16.3. The predicted octanol–water partition coefficient (Wildman–Crippen LogP) is 3.54. The van der Waals surface area contributed by atoms with Crippen LogP contribution in [0.2, 0.25) is 0 Å². The SMILES string of the molecule is CCN(CC(=O)NC(C)c1cc(OC)ccc1OC)Cc1cccc(F)c1. The maximum Gasteiger partial charge on any atom is 0.234 e. The van der Waals surface area contributed by atoms with Gasteiger partial charge in [-0.1, -0.05) is 19.1 Å². The van der Waals surface area contributed by atoms with E-state index in [1.807, 2.05) is 43.0 Å². The lowest BCUT2D eigenvalue weighted by Gasteiger charge is -2.23. The van der Waals surface area contributed by atoms with Crippen molar-refractivity contribution in [2.24, 2.45) is 0 Å². The van der Waals surface area contributed by atoms with Gasteiger partial charge in [-0.25, -0.2) is 4.39 Å². The molecule has 5 nitrogen and oxygen atoms in total. The van der Waals surface area contributed by atoms with Crippen LogP contribution in [-0.2, 0) is 11.3 Å². The summed E-state index contributed by atoms with van der Waals surface area (Å²) in [5.41, 5.74) is 1.69. The molecule has 1 unspecified atom stereocenters. The number of ether oxygens (including phenoxy) is 2. The maximum atomic E-state index is 13.4. The summed E-state index contributed by atoms with van der Waals surface area (Å²) in [5, 5.41) is 2.99. The fourth-order valence-corrected chi connectivity index (χ4v) is 2.92. The van der Waals surface area contributed by atoms with Gasteiger partial charge in [-0.3, -0.25) is 9.69 Å². The van der Waals surface area contributed by atoms with Crippen molar-refractivity contribution < 1.29 is 18.7 Å². The van der Waals surface area contributed by atoms with E-state index in [-0.39, 0.29) is 24.3 Å². The van der Waals surface area contributed by atoms with Crippen LogP contribution in [0.3, 0.4) is 0 Å². The predicted molar refractivity (Wildman–Crippen MR) is 103 cm³/mol. The van der Waals surface area contributed by atoms with Crippen molar-refractivity contribution in [1.29, 1.82) is 0 Å². The summed E-state index contributed by atoms with van der Waals surface area (Å²) < 4.78 is 24.0. The van der Waals surface area contributed by atoms with E-state index >= 15 is 0 Å². The highest BCUT2D eigenvalue weighted by molar-refractivity contribution is 5.78. The first-order valence-electron chi connectivity index (χ1n) is 8.94. The zero-order chi connectivity index (χ0) is 19.8. The summed E-state index contributed by atoms with van der Waals surface area (Å²) in [6, 6.07) is 11.7. The number of benzene rings is 2. The van der Waals surface area contributed by atoms with Gasteiger partial charge in [0.2, 0.25) is 5.91 Å².